The van der Waals surface area contributed by atoms with Gasteiger partial charge in [-0.2, -0.15) is 0 Å². The van der Waals surface area contributed by atoms with Crippen molar-refractivity contribution in [2.24, 2.45) is 0 Å². The Bertz CT molecular complexity index is 616. The summed E-state index contributed by atoms with van der Waals surface area (Å²) in [7, 11) is 0. The summed E-state index contributed by atoms with van der Waals surface area (Å²) in [4.78, 5) is 11.8. The lowest BCUT2D eigenvalue weighted by molar-refractivity contribution is 0.262. The molecule has 0 aliphatic carbocycles. The van der Waals surface area contributed by atoms with E-state index in [1.165, 1.54) is 6.07 Å². The Labute approximate surface area is 119 Å². The third-order valence-corrected chi connectivity index (χ3v) is 3.09. The van der Waals surface area contributed by atoms with E-state index in [0.717, 1.165) is 4.47 Å². The molecular formula is C14H12BrFN2O. The van der Waals surface area contributed by atoms with Crippen LogP contribution in [0.4, 0.5) is 20.6 Å². The molecule has 2 amide bonds. The zero-order valence-electron chi connectivity index (χ0n) is 10.2. The molecule has 0 atom stereocenters. The number of hydrogen-bond acceptors (Lipinski definition) is 1. The Morgan fingerprint density at radius 2 is 1.89 bits per heavy atom. The summed E-state index contributed by atoms with van der Waals surface area (Å²) in [6.07, 6.45) is 0. The van der Waals surface area contributed by atoms with Crippen LogP contribution in [-0.2, 0) is 0 Å². The van der Waals surface area contributed by atoms with Gasteiger partial charge >= 0.3 is 6.03 Å². The van der Waals surface area contributed by atoms with Gasteiger partial charge in [0.2, 0.25) is 0 Å². The molecule has 0 unspecified atom stereocenters. The highest BCUT2D eigenvalue weighted by Gasteiger charge is 2.07. The maximum Gasteiger partial charge on any atom is 0.323 e. The molecule has 0 bridgehead atoms. The molecule has 98 valence electrons. The molecule has 19 heavy (non-hydrogen) atoms. The van der Waals surface area contributed by atoms with E-state index in [4.69, 9.17) is 0 Å². The zero-order valence-corrected chi connectivity index (χ0v) is 11.8. The van der Waals surface area contributed by atoms with Crippen LogP contribution < -0.4 is 10.6 Å². The smallest absolute Gasteiger partial charge is 0.308 e. The lowest BCUT2D eigenvalue weighted by Gasteiger charge is -2.10. The van der Waals surface area contributed by atoms with Gasteiger partial charge in [-0.25, -0.2) is 9.18 Å². The maximum absolute atomic E-state index is 13.3. The minimum atomic E-state index is -0.410. The Morgan fingerprint density at radius 3 is 2.63 bits per heavy atom. The summed E-state index contributed by atoms with van der Waals surface area (Å²) in [5, 5.41) is 5.29. The monoisotopic (exact) mass is 322 g/mol. The Balaban J connectivity index is 2.08. The summed E-state index contributed by atoms with van der Waals surface area (Å²) < 4.78 is 14.2. The van der Waals surface area contributed by atoms with E-state index in [2.05, 4.69) is 26.6 Å². The van der Waals surface area contributed by atoms with Crippen molar-refractivity contribution < 1.29 is 9.18 Å². The number of benzene rings is 2. The highest BCUT2D eigenvalue weighted by atomic mass is 79.9. The third-order valence-electron chi connectivity index (χ3n) is 2.60. The quantitative estimate of drug-likeness (QED) is 0.837. The second-order valence-corrected chi connectivity index (χ2v) is 4.92. The van der Waals surface area contributed by atoms with Crippen LogP contribution in [0.15, 0.2) is 46.9 Å². The van der Waals surface area contributed by atoms with Crippen LogP contribution in [0.1, 0.15) is 5.56 Å². The zero-order chi connectivity index (χ0) is 13.8. The molecular weight excluding hydrogens is 311 g/mol. The Kier molecular flexibility index (Phi) is 4.16. The predicted octanol–water partition coefficient (Wildman–Crippen LogP) is 4.54. The maximum atomic E-state index is 13.3. The molecule has 0 heterocycles. The number of rotatable bonds is 2. The molecule has 3 nitrogen and oxygen atoms in total. The van der Waals surface area contributed by atoms with Crippen molar-refractivity contribution in [3.05, 3.63) is 58.3 Å². The summed E-state index contributed by atoms with van der Waals surface area (Å²) in [5.41, 5.74) is 1.51. The molecule has 0 saturated heterocycles. The van der Waals surface area contributed by atoms with Crippen molar-refractivity contribution in [1.29, 1.82) is 0 Å². The number of nitrogens with one attached hydrogen (secondary N) is 2. The first-order valence-corrected chi connectivity index (χ1v) is 6.44. The molecule has 0 aliphatic heterocycles. The molecule has 2 rings (SSSR count). The van der Waals surface area contributed by atoms with Crippen molar-refractivity contribution in [3.63, 3.8) is 0 Å². The standard InChI is InChI=1S/C14H12BrFN2O/c1-9-12(16)6-3-7-13(9)18-14(19)17-11-5-2-4-10(15)8-11/h2-8H,1H3,(H2,17,18,19). The van der Waals surface area contributed by atoms with Crippen molar-refractivity contribution in [1.82, 2.24) is 0 Å². The Hall–Kier alpha value is -1.88. The fourth-order valence-corrected chi connectivity index (χ4v) is 1.99. The van der Waals surface area contributed by atoms with Gasteiger partial charge < -0.3 is 10.6 Å². The highest BCUT2D eigenvalue weighted by Crippen LogP contribution is 2.19. The largest absolute Gasteiger partial charge is 0.323 e. The van der Waals surface area contributed by atoms with E-state index in [-0.39, 0.29) is 5.82 Å². The molecule has 0 fully saturated rings. The predicted molar refractivity (Wildman–Crippen MR) is 77.9 cm³/mol. The van der Waals surface area contributed by atoms with Crippen LogP contribution in [-0.4, -0.2) is 6.03 Å². The molecule has 2 aromatic carbocycles. The van der Waals surface area contributed by atoms with Crippen LogP contribution in [0.25, 0.3) is 0 Å². The van der Waals surface area contributed by atoms with Crippen LogP contribution in [0.2, 0.25) is 0 Å². The molecule has 0 spiro atoms. The summed E-state index contributed by atoms with van der Waals surface area (Å²) in [5.74, 6) is -0.347. The molecule has 0 aliphatic rings. The van der Waals surface area contributed by atoms with Crippen LogP contribution >= 0.6 is 15.9 Å². The van der Waals surface area contributed by atoms with E-state index in [1.54, 1.807) is 31.2 Å². The van der Waals surface area contributed by atoms with Gasteiger partial charge in [0.25, 0.3) is 0 Å². The van der Waals surface area contributed by atoms with E-state index in [1.807, 2.05) is 12.1 Å². The van der Waals surface area contributed by atoms with E-state index in [9.17, 15) is 9.18 Å². The van der Waals surface area contributed by atoms with Gasteiger partial charge in [0.15, 0.2) is 0 Å². The number of carbonyl (C=O) groups is 1. The first kappa shape index (κ1) is 13.5. The minimum absolute atomic E-state index is 0.347. The minimum Gasteiger partial charge on any atom is -0.308 e. The summed E-state index contributed by atoms with van der Waals surface area (Å²) in [6.45, 7) is 1.62. The van der Waals surface area contributed by atoms with Gasteiger partial charge in [-0.05, 0) is 37.3 Å². The molecule has 0 radical (unpaired) electrons. The topological polar surface area (TPSA) is 41.1 Å². The number of urea groups is 1. The van der Waals surface area contributed by atoms with E-state index >= 15 is 0 Å². The summed E-state index contributed by atoms with van der Waals surface area (Å²) in [6, 6.07) is 11.4. The first-order chi connectivity index (χ1) is 9.06. The SMILES string of the molecule is Cc1c(F)cccc1NC(=O)Nc1cccc(Br)c1. The van der Waals surface area contributed by atoms with Gasteiger partial charge in [0.1, 0.15) is 5.82 Å². The summed E-state index contributed by atoms with van der Waals surface area (Å²) >= 11 is 3.32. The van der Waals surface area contributed by atoms with E-state index < -0.39 is 6.03 Å². The van der Waals surface area contributed by atoms with Crippen LogP contribution in [0, 0.1) is 12.7 Å². The van der Waals surface area contributed by atoms with Gasteiger partial charge in [-0.3, -0.25) is 0 Å². The van der Waals surface area contributed by atoms with Gasteiger partial charge in [-0.15, -0.1) is 0 Å². The lowest BCUT2D eigenvalue weighted by Crippen LogP contribution is -2.20. The van der Waals surface area contributed by atoms with Gasteiger partial charge in [-0.1, -0.05) is 28.1 Å². The number of amides is 2. The normalized spacial score (nSPS) is 10.1. The van der Waals surface area contributed by atoms with Crippen LogP contribution in [0.5, 0.6) is 0 Å². The van der Waals surface area contributed by atoms with Crippen molar-refractivity contribution >= 4 is 33.3 Å². The molecule has 0 saturated carbocycles. The molecule has 0 aromatic heterocycles. The van der Waals surface area contributed by atoms with Crippen molar-refractivity contribution in [2.75, 3.05) is 10.6 Å². The number of anilines is 2. The highest BCUT2D eigenvalue weighted by molar-refractivity contribution is 9.10. The first-order valence-electron chi connectivity index (χ1n) is 5.65. The molecule has 2 aromatic rings. The van der Waals surface area contributed by atoms with Crippen LogP contribution in [0.3, 0.4) is 0 Å². The van der Waals surface area contributed by atoms with Crippen molar-refractivity contribution in [3.8, 4) is 0 Å². The number of halogens is 2. The second kappa shape index (κ2) is 5.84. The third kappa shape index (κ3) is 3.54. The van der Waals surface area contributed by atoms with Gasteiger partial charge in [0.05, 0.1) is 0 Å². The van der Waals surface area contributed by atoms with E-state index in [0.29, 0.717) is 16.9 Å². The lowest BCUT2D eigenvalue weighted by atomic mass is 10.2. The molecule has 5 heteroatoms. The number of hydrogen-bond donors (Lipinski definition) is 2. The number of carbonyl (C=O) groups excluding carboxylic acids is 1. The molecule has 2 N–H and O–H groups in total. The second-order valence-electron chi connectivity index (χ2n) is 4.00. The van der Waals surface area contributed by atoms with Gasteiger partial charge in [0, 0.05) is 21.4 Å². The average molecular weight is 323 g/mol. The Morgan fingerprint density at radius 1 is 1.16 bits per heavy atom. The van der Waals surface area contributed by atoms with Crippen molar-refractivity contribution in [2.45, 2.75) is 6.92 Å². The fourth-order valence-electron chi connectivity index (χ4n) is 1.59. The fraction of sp³-hybridized carbons (Fsp3) is 0.0714. The average Bonchev–Trinajstić information content (AvgIpc) is 2.35.